The van der Waals surface area contributed by atoms with Gasteiger partial charge in [0.15, 0.2) is 0 Å². The van der Waals surface area contributed by atoms with Crippen LogP contribution in [0.1, 0.15) is 0 Å². The summed E-state index contributed by atoms with van der Waals surface area (Å²) in [5, 5.41) is 5.14. The molecule has 21 heavy (non-hydrogen) atoms. The van der Waals surface area contributed by atoms with Crippen LogP contribution in [0.15, 0.2) is 83.3 Å². The highest BCUT2D eigenvalue weighted by Gasteiger charge is 2.13. The zero-order valence-corrected chi connectivity index (χ0v) is 13.0. The predicted molar refractivity (Wildman–Crippen MR) is 94.6 cm³/mol. The van der Waals surface area contributed by atoms with E-state index < -0.39 is 0 Å². The minimum absolute atomic E-state index is 1.17. The highest BCUT2D eigenvalue weighted by molar-refractivity contribution is 9.10. The number of halogens is 1. The van der Waals surface area contributed by atoms with E-state index in [2.05, 4.69) is 94.8 Å². The van der Waals surface area contributed by atoms with Crippen molar-refractivity contribution in [3.8, 4) is 11.1 Å². The van der Waals surface area contributed by atoms with Gasteiger partial charge in [-0.3, -0.25) is 0 Å². The molecule has 0 bridgehead atoms. The van der Waals surface area contributed by atoms with Crippen LogP contribution in [0.25, 0.3) is 32.7 Å². The van der Waals surface area contributed by atoms with Crippen molar-refractivity contribution < 1.29 is 0 Å². The Morgan fingerprint density at radius 3 is 1.62 bits per heavy atom. The van der Waals surface area contributed by atoms with Crippen LogP contribution in [-0.4, -0.2) is 0 Å². The van der Waals surface area contributed by atoms with Gasteiger partial charge >= 0.3 is 0 Å². The lowest BCUT2D eigenvalue weighted by Crippen LogP contribution is -1.87. The molecule has 1 heteroatoms. The van der Waals surface area contributed by atoms with Crippen molar-refractivity contribution in [1.82, 2.24) is 0 Å². The lowest BCUT2D eigenvalue weighted by Gasteiger charge is -2.14. The van der Waals surface area contributed by atoms with E-state index >= 15 is 0 Å². The minimum Gasteiger partial charge on any atom is -0.0622 e. The van der Waals surface area contributed by atoms with Crippen LogP contribution in [0.5, 0.6) is 0 Å². The third-order valence-electron chi connectivity index (χ3n) is 3.93. The van der Waals surface area contributed by atoms with Gasteiger partial charge in [0.2, 0.25) is 0 Å². The highest BCUT2D eigenvalue weighted by Crippen LogP contribution is 2.41. The van der Waals surface area contributed by atoms with Crippen molar-refractivity contribution in [2.45, 2.75) is 0 Å². The van der Waals surface area contributed by atoms with Crippen LogP contribution in [0.3, 0.4) is 0 Å². The van der Waals surface area contributed by atoms with E-state index in [9.17, 15) is 0 Å². The molecule has 0 fully saturated rings. The summed E-state index contributed by atoms with van der Waals surface area (Å²) >= 11 is 3.84. The first-order chi connectivity index (χ1) is 10.4. The Balaban J connectivity index is 2.26. The molecule has 0 aliphatic heterocycles. The van der Waals surface area contributed by atoms with Crippen LogP contribution in [0.4, 0.5) is 0 Å². The maximum Gasteiger partial charge on any atom is 0.0338 e. The highest BCUT2D eigenvalue weighted by atomic mass is 79.9. The van der Waals surface area contributed by atoms with Crippen molar-refractivity contribution >= 4 is 37.5 Å². The molecule has 0 radical (unpaired) electrons. The zero-order chi connectivity index (χ0) is 14.2. The maximum absolute atomic E-state index is 3.84. The first kappa shape index (κ1) is 12.6. The molecule has 4 rings (SSSR count). The fraction of sp³-hybridized carbons (Fsp3) is 0. The molecule has 0 unspecified atom stereocenters. The monoisotopic (exact) mass is 332 g/mol. The van der Waals surface area contributed by atoms with Gasteiger partial charge in [-0.15, -0.1) is 0 Å². The zero-order valence-electron chi connectivity index (χ0n) is 11.4. The number of hydrogen-bond acceptors (Lipinski definition) is 0. The molecule has 0 aliphatic carbocycles. The first-order valence-corrected chi connectivity index (χ1v) is 7.80. The van der Waals surface area contributed by atoms with Gasteiger partial charge < -0.3 is 0 Å². The average Bonchev–Trinajstić information content (AvgIpc) is 2.56. The average molecular weight is 333 g/mol. The Morgan fingerprint density at radius 1 is 0.476 bits per heavy atom. The summed E-state index contributed by atoms with van der Waals surface area (Å²) in [6, 6.07) is 27.8. The van der Waals surface area contributed by atoms with Crippen LogP contribution >= 0.6 is 15.9 Å². The molecule has 0 heterocycles. The van der Waals surface area contributed by atoms with Crippen molar-refractivity contribution in [3.63, 3.8) is 0 Å². The quantitative estimate of drug-likeness (QED) is 0.352. The Kier molecular flexibility index (Phi) is 3.01. The van der Waals surface area contributed by atoms with Gasteiger partial charge in [0.1, 0.15) is 0 Å². The fourth-order valence-electron chi connectivity index (χ4n) is 2.99. The van der Waals surface area contributed by atoms with Gasteiger partial charge in [0.05, 0.1) is 0 Å². The molecule has 4 aromatic rings. The summed E-state index contributed by atoms with van der Waals surface area (Å²) in [7, 11) is 0. The number of fused-ring (bicyclic) bond motifs is 3. The summed E-state index contributed by atoms with van der Waals surface area (Å²) in [4.78, 5) is 0. The molecule has 0 saturated heterocycles. The number of hydrogen-bond donors (Lipinski definition) is 0. The van der Waals surface area contributed by atoms with Crippen LogP contribution in [0, 0.1) is 0 Å². The van der Waals surface area contributed by atoms with Gasteiger partial charge in [0.25, 0.3) is 0 Å². The van der Waals surface area contributed by atoms with E-state index in [4.69, 9.17) is 0 Å². The summed E-state index contributed by atoms with van der Waals surface area (Å²) < 4.78 is 1.17. The van der Waals surface area contributed by atoms with Crippen molar-refractivity contribution in [2.75, 3.05) is 0 Å². The van der Waals surface area contributed by atoms with Crippen molar-refractivity contribution in [3.05, 3.63) is 83.3 Å². The fourth-order valence-corrected chi connectivity index (χ4v) is 3.77. The molecule has 0 saturated carbocycles. The first-order valence-electron chi connectivity index (χ1n) is 7.00. The topological polar surface area (TPSA) is 0 Å². The lowest BCUT2D eigenvalue weighted by molar-refractivity contribution is 1.64. The SMILES string of the molecule is Brc1c(-c2ccccc2)c2ccccc2c2ccccc12. The summed E-state index contributed by atoms with van der Waals surface area (Å²) in [6.45, 7) is 0. The van der Waals surface area contributed by atoms with E-state index in [1.165, 1.54) is 37.1 Å². The molecule has 0 N–H and O–H groups in total. The Morgan fingerprint density at radius 2 is 0.952 bits per heavy atom. The molecular weight excluding hydrogens is 320 g/mol. The van der Waals surface area contributed by atoms with Gasteiger partial charge in [-0.2, -0.15) is 0 Å². The molecule has 0 aromatic heterocycles. The van der Waals surface area contributed by atoms with Gasteiger partial charge in [0, 0.05) is 10.0 Å². The van der Waals surface area contributed by atoms with Crippen LogP contribution in [0.2, 0.25) is 0 Å². The maximum atomic E-state index is 3.84. The van der Waals surface area contributed by atoms with Crippen LogP contribution in [-0.2, 0) is 0 Å². The Hall–Kier alpha value is -2.12. The van der Waals surface area contributed by atoms with E-state index in [0.29, 0.717) is 0 Å². The molecular formula is C20H13Br. The Bertz CT molecular complexity index is 940. The van der Waals surface area contributed by atoms with E-state index in [0.717, 1.165) is 0 Å². The standard InChI is InChI=1S/C20H13Br/c21-20-18-13-7-5-11-16(18)15-10-4-6-12-17(15)19(20)14-8-2-1-3-9-14/h1-13H. The summed E-state index contributed by atoms with van der Waals surface area (Å²) in [5.41, 5.74) is 2.51. The molecule has 0 atom stereocenters. The smallest absolute Gasteiger partial charge is 0.0338 e. The van der Waals surface area contributed by atoms with Crippen LogP contribution < -0.4 is 0 Å². The molecule has 0 amide bonds. The van der Waals surface area contributed by atoms with Crippen molar-refractivity contribution in [1.29, 1.82) is 0 Å². The summed E-state index contributed by atoms with van der Waals surface area (Å²) in [6.07, 6.45) is 0. The van der Waals surface area contributed by atoms with Gasteiger partial charge in [-0.1, -0.05) is 78.9 Å². The molecule has 0 aliphatic rings. The second-order valence-corrected chi connectivity index (χ2v) is 5.94. The summed E-state index contributed by atoms with van der Waals surface area (Å²) in [5.74, 6) is 0. The number of benzene rings is 4. The normalized spacial score (nSPS) is 11.1. The van der Waals surface area contributed by atoms with E-state index in [1.54, 1.807) is 0 Å². The van der Waals surface area contributed by atoms with Gasteiger partial charge in [-0.05, 0) is 43.0 Å². The molecule has 100 valence electrons. The van der Waals surface area contributed by atoms with E-state index in [-0.39, 0.29) is 0 Å². The lowest BCUT2D eigenvalue weighted by atomic mass is 9.93. The third kappa shape index (κ3) is 1.97. The van der Waals surface area contributed by atoms with Gasteiger partial charge in [-0.25, -0.2) is 0 Å². The molecule has 0 nitrogen and oxygen atoms in total. The Labute approximate surface area is 132 Å². The molecule has 4 aromatic carbocycles. The largest absolute Gasteiger partial charge is 0.0622 e. The minimum atomic E-state index is 1.17. The van der Waals surface area contributed by atoms with Crippen molar-refractivity contribution in [2.24, 2.45) is 0 Å². The number of rotatable bonds is 1. The second-order valence-electron chi connectivity index (χ2n) is 5.15. The predicted octanol–water partition coefficient (Wildman–Crippen LogP) is 6.42. The van der Waals surface area contributed by atoms with E-state index in [1.807, 2.05) is 0 Å². The molecule has 0 spiro atoms. The second kappa shape index (κ2) is 5.01. The third-order valence-corrected chi connectivity index (χ3v) is 4.76.